The van der Waals surface area contributed by atoms with Crippen molar-refractivity contribution in [3.05, 3.63) is 34.5 Å². The van der Waals surface area contributed by atoms with E-state index in [9.17, 15) is 22.5 Å². The van der Waals surface area contributed by atoms with Gasteiger partial charge >= 0.3 is 6.18 Å². The molecule has 70 valence electrons. The van der Waals surface area contributed by atoms with E-state index < -0.39 is 23.2 Å². The van der Waals surface area contributed by atoms with E-state index in [-0.39, 0.29) is 6.07 Å². The zero-order valence-corrected chi connectivity index (χ0v) is 6.10. The van der Waals surface area contributed by atoms with Crippen molar-refractivity contribution in [2.45, 2.75) is 6.18 Å². The van der Waals surface area contributed by atoms with Gasteiger partial charge in [-0.25, -0.2) is 4.39 Å². The first-order valence-corrected chi connectivity index (χ1v) is 3.15. The molecule has 0 N–H and O–H groups in total. The maximum atomic E-state index is 12.6. The van der Waals surface area contributed by atoms with Crippen LogP contribution in [-0.4, -0.2) is 0 Å². The SMILES string of the molecule is O=Nc1ccc(C(F)(F)F)cc1F. The minimum Gasteiger partial charge on any atom is -0.204 e. The number of nitrogens with zero attached hydrogens (tertiary/aromatic N) is 1. The molecule has 0 bridgehead atoms. The van der Waals surface area contributed by atoms with E-state index >= 15 is 0 Å². The van der Waals surface area contributed by atoms with Crippen molar-refractivity contribution < 1.29 is 17.6 Å². The molecule has 1 aromatic carbocycles. The molecule has 0 aliphatic carbocycles. The van der Waals surface area contributed by atoms with Crippen LogP contribution in [0.4, 0.5) is 23.2 Å². The van der Waals surface area contributed by atoms with Crippen LogP contribution >= 0.6 is 0 Å². The highest BCUT2D eigenvalue weighted by Gasteiger charge is 2.31. The Bertz CT molecular complexity index is 334. The minimum absolute atomic E-state index is 0.233. The number of halogens is 4. The number of nitroso groups, excluding NO2 is 1. The molecule has 2 nitrogen and oxygen atoms in total. The van der Waals surface area contributed by atoms with Gasteiger partial charge in [0.15, 0.2) is 5.82 Å². The van der Waals surface area contributed by atoms with Gasteiger partial charge < -0.3 is 0 Å². The molecular weight excluding hydrogens is 190 g/mol. The van der Waals surface area contributed by atoms with Crippen LogP contribution in [0.5, 0.6) is 0 Å². The zero-order chi connectivity index (χ0) is 10.1. The van der Waals surface area contributed by atoms with Crippen molar-refractivity contribution in [2.24, 2.45) is 5.18 Å². The summed E-state index contributed by atoms with van der Waals surface area (Å²) in [6.07, 6.45) is -4.61. The third-order valence-corrected chi connectivity index (χ3v) is 1.37. The van der Waals surface area contributed by atoms with E-state index in [1.165, 1.54) is 0 Å². The van der Waals surface area contributed by atoms with Crippen molar-refractivity contribution in [2.75, 3.05) is 0 Å². The first-order valence-electron chi connectivity index (χ1n) is 3.15. The molecule has 0 aliphatic heterocycles. The highest BCUT2D eigenvalue weighted by atomic mass is 19.4. The Morgan fingerprint density at radius 3 is 2.23 bits per heavy atom. The Morgan fingerprint density at radius 1 is 1.23 bits per heavy atom. The van der Waals surface area contributed by atoms with E-state index in [0.29, 0.717) is 12.1 Å². The Kier molecular flexibility index (Phi) is 2.31. The molecule has 0 amide bonds. The van der Waals surface area contributed by atoms with Crippen LogP contribution in [0.3, 0.4) is 0 Å². The second-order valence-electron chi connectivity index (χ2n) is 2.26. The molecule has 13 heavy (non-hydrogen) atoms. The van der Waals surface area contributed by atoms with Crippen molar-refractivity contribution in [3.63, 3.8) is 0 Å². The van der Waals surface area contributed by atoms with Gasteiger partial charge in [0.2, 0.25) is 0 Å². The van der Waals surface area contributed by atoms with Crippen LogP contribution < -0.4 is 0 Å². The summed E-state index contributed by atoms with van der Waals surface area (Å²) >= 11 is 0. The molecule has 0 unspecified atom stereocenters. The number of hydrogen-bond acceptors (Lipinski definition) is 2. The number of benzene rings is 1. The van der Waals surface area contributed by atoms with E-state index in [1.54, 1.807) is 0 Å². The van der Waals surface area contributed by atoms with Gasteiger partial charge in [-0.05, 0) is 23.4 Å². The monoisotopic (exact) mass is 193 g/mol. The molecule has 0 radical (unpaired) electrons. The van der Waals surface area contributed by atoms with Gasteiger partial charge in [-0.1, -0.05) is 0 Å². The molecule has 0 saturated heterocycles. The standard InChI is InChI=1S/C7H3F4NO/c8-5-3-4(7(9,10)11)1-2-6(5)12-13/h1-3H. The average Bonchev–Trinajstić information content (AvgIpc) is 2.02. The molecule has 0 fully saturated rings. The predicted molar refractivity (Wildman–Crippen MR) is 36.9 cm³/mol. The lowest BCUT2D eigenvalue weighted by Crippen LogP contribution is -2.04. The van der Waals surface area contributed by atoms with E-state index in [0.717, 1.165) is 0 Å². The molecule has 1 rings (SSSR count). The van der Waals surface area contributed by atoms with Gasteiger partial charge in [0.25, 0.3) is 0 Å². The Labute approximate surface area is 70.2 Å². The largest absolute Gasteiger partial charge is 0.416 e. The molecule has 0 saturated carbocycles. The van der Waals surface area contributed by atoms with E-state index in [1.807, 2.05) is 0 Å². The zero-order valence-electron chi connectivity index (χ0n) is 6.10. The Balaban J connectivity index is 3.17. The van der Waals surface area contributed by atoms with Crippen LogP contribution in [0.15, 0.2) is 23.4 Å². The summed E-state index contributed by atoms with van der Waals surface area (Å²) < 4.78 is 48.4. The minimum atomic E-state index is -4.61. The fourth-order valence-corrected chi connectivity index (χ4v) is 0.757. The fraction of sp³-hybridized carbons (Fsp3) is 0.143. The normalized spacial score (nSPS) is 11.4. The van der Waals surface area contributed by atoms with Gasteiger partial charge in [-0.3, -0.25) is 0 Å². The maximum Gasteiger partial charge on any atom is 0.416 e. The fourth-order valence-electron chi connectivity index (χ4n) is 0.757. The summed E-state index contributed by atoms with van der Waals surface area (Å²) in [6, 6.07) is 1.52. The molecule has 0 heterocycles. The summed E-state index contributed by atoms with van der Waals surface area (Å²) in [6.45, 7) is 0. The highest BCUT2D eigenvalue weighted by molar-refractivity contribution is 5.41. The Morgan fingerprint density at radius 2 is 1.85 bits per heavy atom. The molecule has 0 aliphatic rings. The highest BCUT2D eigenvalue weighted by Crippen LogP contribution is 2.31. The molecule has 0 aromatic heterocycles. The lowest BCUT2D eigenvalue weighted by molar-refractivity contribution is -0.137. The van der Waals surface area contributed by atoms with Crippen LogP contribution in [0.2, 0.25) is 0 Å². The van der Waals surface area contributed by atoms with Crippen LogP contribution in [-0.2, 0) is 6.18 Å². The summed E-state index contributed by atoms with van der Waals surface area (Å²) in [4.78, 5) is 9.82. The van der Waals surface area contributed by atoms with Crippen LogP contribution in [0.1, 0.15) is 5.56 Å². The Hall–Kier alpha value is -1.46. The second kappa shape index (κ2) is 3.12. The van der Waals surface area contributed by atoms with Crippen LogP contribution in [0.25, 0.3) is 0 Å². The molecule has 6 heteroatoms. The van der Waals surface area contributed by atoms with Gasteiger partial charge in [0.1, 0.15) is 5.69 Å². The smallest absolute Gasteiger partial charge is 0.204 e. The number of hydrogen-bond donors (Lipinski definition) is 0. The summed E-state index contributed by atoms with van der Waals surface area (Å²) in [5.41, 5.74) is -1.77. The summed E-state index contributed by atoms with van der Waals surface area (Å²) in [7, 11) is 0. The predicted octanol–water partition coefficient (Wildman–Crippen LogP) is 3.24. The maximum absolute atomic E-state index is 12.6. The van der Waals surface area contributed by atoms with Gasteiger partial charge in [0.05, 0.1) is 5.56 Å². The molecule has 0 atom stereocenters. The van der Waals surface area contributed by atoms with Gasteiger partial charge in [0, 0.05) is 0 Å². The van der Waals surface area contributed by atoms with E-state index in [4.69, 9.17) is 0 Å². The van der Waals surface area contributed by atoms with E-state index in [2.05, 4.69) is 5.18 Å². The number of rotatable bonds is 1. The first kappa shape index (κ1) is 9.63. The summed E-state index contributed by atoms with van der Waals surface area (Å²) in [5.74, 6) is -1.27. The van der Waals surface area contributed by atoms with Crippen LogP contribution in [0, 0.1) is 10.7 Å². The lowest BCUT2D eigenvalue weighted by Gasteiger charge is -2.05. The topological polar surface area (TPSA) is 29.4 Å². The quantitative estimate of drug-likeness (QED) is 0.497. The van der Waals surface area contributed by atoms with Crippen molar-refractivity contribution >= 4 is 5.69 Å². The molecule has 1 aromatic rings. The third-order valence-electron chi connectivity index (χ3n) is 1.37. The summed E-state index contributed by atoms with van der Waals surface area (Å²) in [5, 5.41) is 2.20. The average molecular weight is 193 g/mol. The van der Waals surface area contributed by atoms with Crippen molar-refractivity contribution in [1.29, 1.82) is 0 Å². The third kappa shape index (κ3) is 2.01. The first-order chi connectivity index (χ1) is 5.95. The lowest BCUT2D eigenvalue weighted by atomic mass is 10.2. The van der Waals surface area contributed by atoms with Crippen molar-refractivity contribution in [3.8, 4) is 0 Å². The molecular formula is C7H3F4NO. The van der Waals surface area contributed by atoms with Gasteiger partial charge in [-0.2, -0.15) is 13.2 Å². The van der Waals surface area contributed by atoms with Gasteiger partial charge in [-0.15, -0.1) is 4.91 Å². The van der Waals surface area contributed by atoms with Crippen molar-refractivity contribution in [1.82, 2.24) is 0 Å². The second-order valence-corrected chi connectivity index (χ2v) is 2.26. The molecule has 0 spiro atoms. The number of alkyl halides is 3.